The van der Waals surface area contributed by atoms with Crippen LogP contribution in [0.5, 0.6) is 5.75 Å². The Morgan fingerprint density at radius 3 is 2.74 bits per heavy atom. The number of hydrogen-bond acceptors (Lipinski definition) is 5. The van der Waals surface area contributed by atoms with Crippen molar-refractivity contribution in [3.8, 4) is 5.75 Å². The molecule has 0 aliphatic carbocycles. The van der Waals surface area contributed by atoms with Crippen molar-refractivity contribution in [1.29, 1.82) is 0 Å². The highest BCUT2D eigenvalue weighted by atomic mass is 79.9. The molecule has 34 heavy (non-hydrogen) atoms. The number of amides is 1. The summed E-state index contributed by atoms with van der Waals surface area (Å²) >= 11 is 9.25. The smallest absolute Gasteiger partial charge is 0.282 e. The topological polar surface area (TPSA) is 85.6 Å². The summed E-state index contributed by atoms with van der Waals surface area (Å²) in [4.78, 5) is 29.7. The number of ether oxygens (including phenoxy) is 1. The third-order valence-corrected chi connectivity index (χ3v) is 5.62. The predicted molar refractivity (Wildman–Crippen MR) is 138 cm³/mol. The Morgan fingerprint density at radius 1 is 1.18 bits per heavy atom. The second-order valence-corrected chi connectivity index (χ2v) is 8.67. The summed E-state index contributed by atoms with van der Waals surface area (Å²) in [5.74, 6) is 0.759. The molecule has 0 atom stereocenters. The number of fused-ring (bicyclic) bond motifs is 1. The predicted octanol–water partition coefficient (Wildman–Crippen LogP) is 5.27. The summed E-state index contributed by atoms with van der Waals surface area (Å²) in [5, 5.41) is 8.19. The van der Waals surface area contributed by atoms with Crippen molar-refractivity contribution in [2.75, 3.05) is 11.9 Å². The fraction of sp³-hybridized carbons (Fsp3) is 0.120. The van der Waals surface area contributed by atoms with Gasteiger partial charge in [0.1, 0.15) is 11.6 Å². The molecule has 1 heterocycles. The molecule has 0 saturated heterocycles. The van der Waals surface area contributed by atoms with Crippen molar-refractivity contribution in [3.63, 3.8) is 0 Å². The minimum absolute atomic E-state index is 0.161. The van der Waals surface area contributed by atoms with Gasteiger partial charge < -0.3 is 10.1 Å². The highest BCUT2D eigenvalue weighted by Gasteiger charge is 2.10. The highest BCUT2D eigenvalue weighted by molar-refractivity contribution is 9.10. The first-order chi connectivity index (χ1) is 16.4. The van der Waals surface area contributed by atoms with Gasteiger partial charge in [-0.25, -0.2) is 4.98 Å². The Hall–Kier alpha value is -3.49. The standard InChI is InChI=1S/C25H20BrClN4O3/c1-2-23-30-22-11-6-17(26)13-21(22)25(33)31(23)28-14-16-4-3-5-20(12-16)34-15-24(32)29-19-9-7-18(27)8-10-19/h3-14H,2,15H2,1H3,(H,29,32). The lowest BCUT2D eigenvalue weighted by atomic mass is 10.2. The van der Waals surface area contributed by atoms with Crippen LogP contribution < -0.4 is 15.6 Å². The quantitative estimate of drug-likeness (QED) is 0.324. The third-order valence-electron chi connectivity index (χ3n) is 4.87. The third kappa shape index (κ3) is 5.70. The minimum Gasteiger partial charge on any atom is -0.484 e. The molecule has 0 fully saturated rings. The molecule has 0 radical (unpaired) electrons. The Bertz CT molecular complexity index is 1430. The fourth-order valence-electron chi connectivity index (χ4n) is 3.23. The maximum absolute atomic E-state index is 13.0. The van der Waals surface area contributed by atoms with Gasteiger partial charge in [-0.1, -0.05) is 46.6 Å². The number of nitrogens with one attached hydrogen (secondary N) is 1. The number of rotatable bonds is 7. The van der Waals surface area contributed by atoms with Crippen LogP contribution in [-0.4, -0.2) is 28.4 Å². The Morgan fingerprint density at radius 2 is 1.97 bits per heavy atom. The SMILES string of the molecule is CCc1nc2ccc(Br)cc2c(=O)n1N=Cc1cccc(OCC(=O)Nc2ccc(Cl)cc2)c1. The summed E-state index contributed by atoms with van der Waals surface area (Å²) < 4.78 is 7.71. The van der Waals surface area contributed by atoms with E-state index in [2.05, 4.69) is 31.3 Å². The number of aromatic nitrogens is 2. The number of carbonyl (C=O) groups excluding carboxylic acids is 1. The van der Waals surface area contributed by atoms with E-state index < -0.39 is 0 Å². The average molecular weight is 540 g/mol. The van der Waals surface area contributed by atoms with Crippen LogP contribution in [0.2, 0.25) is 5.02 Å². The lowest BCUT2D eigenvalue weighted by Crippen LogP contribution is -2.22. The van der Waals surface area contributed by atoms with E-state index in [0.717, 1.165) is 4.47 Å². The Labute approximate surface area is 209 Å². The van der Waals surface area contributed by atoms with Gasteiger partial charge in [0.05, 0.1) is 17.1 Å². The van der Waals surface area contributed by atoms with Gasteiger partial charge in [0.15, 0.2) is 6.61 Å². The molecule has 0 aliphatic heterocycles. The summed E-state index contributed by atoms with van der Waals surface area (Å²) in [7, 11) is 0. The van der Waals surface area contributed by atoms with E-state index in [4.69, 9.17) is 16.3 Å². The van der Waals surface area contributed by atoms with Crippen molar-refractivity contribution in [3.05, 3.63) is 98.0 Å². The highest BCUT2D eigenvalue weighted by Crippen LogP contribution is 2.17. The zero-order chi connectivity index (χ0) is 24.1. The van der Waals surface area contributed by atoms with Crippen molar-refractivity contribution in [2.24, 2.45) is 5.10 Å². The number of nitrogens with zero attached hydrogens (tertiary/aromatic N) is 3. The normalized spacial score (nSPS) is 11.1. The molecule has 0 bridgehead atoms. The van der Waals surface area contributed by atoms with Gasteiger partial charge in [0.2, 0.25) is 0 Å². The summed E-state index contributed by atoms with van der Waals surface area (Å²) in [6.07, 6.45) is 2.11. The van der Waals surface area contributed by atoms with Crippen molar-refractivity contribution >= 4 is 56.2 Å². The molecule has 0 spiro atoms. The monoisotopic (exact) mass is 538 g/mol. The summed E-state index contributed by atoms with van der Waals surface area (Å²) in [5.41, 5.74) is 1.72. The first-order valence-corrected chi connectivity index (χ1v) is 11.6. The van der Waals surface area contributed by atoms with E-state index >= 15 is 0 Å². The van der Waals surface area contributed by atoms with E-state index in [1.165, 1.54) is 4.68 Å². The largest absolute Gasteiger partial charge is 0.484 e. The van der Waals surface area contributed by atoms with Crippen LogP contribution in [0, 0.1) is 0 Å². The van der Waals surface area contributed by atoms with Crippen molar-refractivity contribution < 1.29 is 9.53 Å². The summed E-state index contributed by atoms with van der Waals surface area (Å²) in [6, 6.07) is 19.3. The number of aryl methyl sites for hydroxylation is 1. The molecule has 1 aromatic heterocycles. The van der Waals surface area contributed by atoms with Gasteiger partial charge in [-0.05, 0) is 60.2 Å². The van der Waals surface area contributed by atoms with Crippen LogP contribution in [0.15, 0.2) is 81.1 Å². The molecule has 0 unspecified atom stereocenters. The van der Waals surface area contributed by atoms with E-state index in [-0.39, 0.29) is 18.1 Å². The minimum atomic E-state index is -0.297. The summed E-state index contributed by atoms with van der Waals surface area (Å²) in [6.45, 7) is 1.76. The first-order valence-electron chi connectivity index (χ1n) is 10.5. The van der Waals surface area contributed by atoms with Crippen LogP contribution in [0.25, 0.3) is 10.9 Å². The molecule has 4 rings (SSSR count). The number of benzene rings is 3. The van der Waals surface area contributed by atoms with Crippen LogP contribution >= 0.6 is 27.5 Å². The molecular weight excluding hydrogens is 520 g/mol. The molecule has 172 valence electrons. The van der Waals surface area contributed by atoms with Gasteiger partial charge in [-0.2, -0.15) is 9.78 Å². The average Bonchev–Trinajstić information content (AvgIpc) is 2.84. The van der Waals surface area contributed by atoms with Crippen molar-refractivity contribution in [1.82, 2.24) is 9.66 Å². The van der Waals surface area contributed by atoms with E-state index in [0.29, 0.717) is 45.2 Å². The lowest BCUT2D eigenvalue weighted by Gasteiger charge is -2.09. The van der Waals surface area contributed by atoms with E-state index in [1.54, 1.807) is 60.8 Å². The molecule has 0 saturated carbocycles. The van der Waals surface area contributed by atoms with Gasteiger partial charge in [-0.3, -0.25) is 9.59 Å². The number of halogens is 2. The molecule has 1 N–H and O–H groups in total. The molecule has 7 nitrogen and oxygen atoms in total. The van der Waals surface area contributed by atoms with Crippen molar-refractivity contribution in [2.45, 2.75) is 13.3 Å². The molecule has 4 aromatic rings. The van der Waals surface area contributed by atoms with Gasteiger partial charge in [0.25, 0.3) is 11.5 Å². The Balaban J connectivity index is 1.49. The zero-order valence-electron chi connectivity index (χ0n) is 18.2. The van der Waals surface area contributed by atoms with Gasteiger partial charge in [-0.15, -0.1) is 0 Å². The molecule has 3 aromatic carbocycles. The maximum atomic E-state index is 13.0. The fourth-order valence-corrected chi connectivity index (χ4v) is 3.72. The van der Waals surface area contributed by atoms with Crippen LogP contribution in [0.3, 0.4) is 0 Å². The number of carbonyl (C=O) groups is 1. The van der Waals surface area contributed by atoms with E-state index in [1.807, 2.05) is 19.1 Å². The number of hydrogen-bond donors (Lipinski definition) is 1. The van der Waals surface area contributed by atoms with Crippen LogP contribution in [0.4, 0.5) is 5.69 Å². The second-order valence-electron chi connectivity index (χ2n) is 7.32. The zero-order valence-corrected chi connectivity index (χ0v) is 20.5. The number of anilines is 1. The Kier molecular flexibility index (Phi) is 7.40. The molecule has 1 amide bonds. The molecular formula is C25H20BrClN4O3. The first kappa shape index (κ1) is 23.7. The molecule has 0 aliphatic rings. The van der Waals surface area contributed by atoms with Crippen LogP contribution in [-0.2, 0) is 11.2 Å². The van der Waals surface area contributed by atoms with Gasteiger partial charge in [0, 0.05) is 21.6 Å². The lowest BCUT2D eigenvalue weighted by molar-refractivity contribution is -0.118. The maximum Gasteiger partial charge on any atom is 0.282 e. The van der Waals surface area contributed by atoms with Gasteiger partial charge >= 0.3 is 0 Å². The van der Waals surface area contributed by atoms with E-state index in [9.17, 15) is 9.59 Å². The second kappa shape index (κ2) is 10.6. The molecule has 9 heteroatoms. The van der Waals surface area contributed by atoms with Crippen LogP contribution in [0.1, 0.15) is 18.3 Å².